The molecular formula is C12H17N3. The Morgan fingerprint density at radius 1 is 1.47 bits per heavy atom. The van der Waals surface area contributed by atoms with Crippen LogP contribution in [0.25, 0.3) is 0 Å². The predicted octanol–water partition coefficient (Wildman–Crippen LogP) is 1.80. The van der Waals surface area contributed by atoms with Crippen LogP contribution in [0.15, 0.2) is 12.1 Å². The van der Waals surface area contributed by atoms with Crippen molar-refractivity contribution in [2.45, 2.75) is 31.7 Å². The third-order valence-corrected chi connectivity index (χ3v) is 3.41. The lowest BCUT2D eigenvalue weighted by atomic mass is 9.99. The number of fused-ring (bicyclic) bond motifs is 3. The molecule has 0 radical (unpaired) electrons. The van der Waals surface area contributed by atoms with Gasteiger partial charge in [0, 0.05) is 12.5 Å². The minimum Gasteiger partial charge on any atom is -0.383 e. The van der Waals surface area contributed by atoms with E-state index in [0.717, 1.165) is 18.2 Å². The first-order chi connectivity index (χ1) is 7.05. The highest BCUT2D eigenvalue weighted by Crippen LogP contribution is 2.51. The number of anilines is 1. The molecular weight excluding hydrogens is 186 g/mol. The van der Waals surface area contributed by atoms with Crippen molar-refractivity contribution < 1.29 is 0 Å². The zero-order valence-corrected chi connectivity index (χ0v) is 9.25. The second-order valence-corrected chi connectivity index (χ2v) is 5.33. The highest BCUT2D eigenvalue weighted by atomic mass is 15.0. The van der Waals surface area contributed by atoms with E-state index in [-0.39, 0.29) is 5.54 Å². The zero-order valence-electron chi connectivity index (χ0n) is 9.25. The minimum absolute atomic E-state index is 0.336. The highest BCUT2D eigenvalue weighted by Gasteiger charge is 2.43. The predicted molar refractivity (Wildman–Crippen MR) is 60.8 cm³/mol. The summed E-state index contributed by atoms with van der Waals surface area (Å²) in [5.74, 6) is 1.52. The van der Waals surface area contributed by atoms with Crippen LogP contribution in [-0.4, -0.2) is 11.5 Å². The lowest BCUT2D eigenvalue weighted by molar-refractivity contribution is 0.531. The molecule has 3 heteroatoms. The quantitative estimate of drug-likeness (QED) is 0.731. The molecule has 2 atom stereocenters. The van der Waals surface area contributed by atoms with Crippen LogP contribution in [0.2, 0.25) is 0 Å². The first kappa shape index (κ1) is 9.16. The number of nitrogens with zero attached hydrogens (tertiary/aromatic N) is 1. The van der Waals surface area contributed by atoms with Crippen molar-refractivity contribution in [3.63, 3.8) is 0 Å². The van der Waals surface area contributed by atoms with Crippen LogP contribution in [0, 0.1) is 5.92 Å². The molecule has 2 heterocycles. The molecule has 80 valence electrons. The molecule has 0 saturated heterocycles. The number of nitrogens with two attached hydrogens (primary N) is 1. The molecule has 0 spiro atoms. The fraction of sp³-hybridized carbons (Fsp3) is 0.583. The molecule has 2 unspecified atom stereocenters. The lowest BCUT2D eigenvalue weighted by Gasteiger charge is -2.22. The molecule has 0 bridgehead atoms. The van der Waals surface area contributed by atoms with E-state index in [2.05, 4.69) is 11.4 Å². The van der Waals surface area contributed by atoms with Crippen molar-refractivity contribution in [1.82, 2.24) is 4.98 Å². The molecule has 1 aromatic rings. The Kier molecular flexibility index (Phi) is 1.67. The van der Waals surface area contributed by atoms with Crippen LogP contribution in [0.1, 0.15) is 37.6 Å². The second kappa shape index (κ2) is 2.73. The van der Waals surface area contributed by atoms with Crippen LogP contribution >= 0.6 is 0 Å². The monoisotopic (exact) mass is 203 g/mol. The van der Waals surface area contributed by atoms with Crippen molar-refractivity contribution in [3.05, 3.63) is 23.5 Å². The number of hydrogen-bond acceptors (Lipinski definition) is 3. The van der Waals surface area contributed by atoms with E-state index in [1.54, 1.807) is 0 Å². The Morgan fingerprint density at radius 2 is 2.27 bits per heavy atom. The van der Waals surface area contributed by atoms with E-state index in [9.17, 15) is 0 Å². The summed E-state index contributed by atoms with van der Waals surface area (Å²) in [6, 6.07) is 4.16. The fourth-order valence-electron chi connectivity index (χ4n) is 2.32. The molecule has 3 nitrogen and oxygen atoms in total. The van der Waals surface area contributed by atoms with Crippen molar-refractivity contribution in [2.75, 3.05) is 11.9 Å². The van der Waals surface area contributed by atoms with Crippen LogP contribution in [0.3, 0.4) is 0 Å². The average Bonchev–Trinajstić information content (AvgIpc) is 2.94. The topological polar surface area (TPSA) is 50.9 Å². The fourth-order valence-corrected chi connectivity index (χ4v) is 2.32. The number of nitrogens with one attached hydrogen (secondary N) is 1. The molecule has 0 aromatic carbocycles. The van der Waals surface area contributed by atoms with Gasteiger partial charge in [0.1, 0.15) is 0 Å². The molecule has 1 fully saturated rings. The van der Waals surface area contributed by atoms with Crippen LogP contribution in [0.5, 0.6) is 0 Å². The van der Waals surface area contributed by atoms with Gasteiger partial charge >= 0.3 is 0 Å². The van der Waals surface area contributed by atoms with E-state index in [1.807, 2.05) is 19.9 Å². The van der Waals surface area contributed by atoms with E-state index >= 15 is 0 Å². The first-order valence-corrected chi connectivity index (χ1v) is 5.60. The van der Waals surface area contributed by atoms with Crippen LogP contribution < -0.4 is 11.1 Å². The molecule has 15 heavy (non-hydrogen) atoms. The maximum absolute atomic E-state index is 6.07. The molecule has 1 aliphatic heterocycles. The van der Waals surface area contributed by atoms with Gasteiger partial charge in [0.05, 0.1) is 22.6 Å². The Balaban J connectivity index is 2.05. The van der Waals surface area contributed by atoms with Gasteiger partial charge in [-0.05, 0) is 38.3 Å². The van der Waals surface area contributed by atoms with Gasteiger partial charge in [-0.3, -0.25) is 4.98 Å². The number of aromatic nitrogens is 1. The SMILES string of the molecule is CC(C)(N)c1ccc2c(n1)C1CC1CN2. The Bertz CT molecular complexity index is 406. The van der Waals surface area contributed by atoms with E-state index in [4.69, 9.17) is 10.7 Å². The van der Waals surface area contributed by atoms with Gasteiger partial charge < -0.3 is 11.1 Å². The standard InChI is InChI=1S/C12H17N3/c1-12(2,13)10-4-3-9-11(15-10)8-5-7(8)6-14-9/h3-4,7-8,14H,5-6,13H2,1-2H3. The third-order valence-electron chi connectivity index (χ3n) is 3.41. The van der Waals surface area contributed by atoms with Gasteiger partial charge in [-0.2, -0.15) is 0 Å². The number of pyridine rings is 1. The van der Waals surface area contributed by atoms with Gasteiger partial charge in [0.25, 0.3) is 0 Å². The van der Waals surface area contributed by atoms with E-state index < -0.39 is 0 Å². The smallest absolute Gasteiger partial charge is 0.0673 e. The molecule has 1 aromatic heterocycles. The Morgan fingerprint density at radius 3 is 3.00 bits per heavy atom. The van der Waals surface area contributed by atoms with Crippen LogP contribution in [0.4, 0.5) is 5.69 Å². The molecule has 3 rings (SSSR count). The molecule has 0 amide bonds. The summed E-state index contributed by atoms with van der Waals surface area (Å²) in [7, 11) is 0. The van der Waals surface area contributed by atoms with Gasteiger partial charge in [-0.15, -0.1) is 0 Å². The minimum atomic E-state index is -0.336. The maximum atomic E-state index is 6.07. The summed E-state index contributed by atoms with van der Waals surface area (Å²) < 4.78 is 0. The molecule has 1 saturated carbocycles. The molecule has 2 aliphatic rings. The van der Waals surface area contributed by atoms with Crippen molar-refractivity contribution in [2.24, 2.45) is 11.7 Å². The van der Waals surface area contributed by atoms with E-state index in [1.165, 1.54) is 17.8 Å². The normalized spacial score (nSPS) is 27.7. The van der Waals surface area contributed by atoms with E-state index in [0.29, 0.717) is 5.92 Å². The summed E-state index contributed by atoms with van der Waals surface area (Å²) in [6.07, 6.45) is 1.29. The van der Waals surface area contributed by atoms with Gasteiger partial charge in [-0.1, -0.05) is 0 Å². The molecule has 3 N–H and O–H groups in total. The van der Waals surface area contributed by atoms with Crippen molar-refractivity contribution in [1.29, 1.82) is 0 Å². The van der Waals surface area contributed by atoms with Gasteiger partial charge in [0.15, 0.2) is 0 Å². The zero-order chi connectivity index (χ0) is 10.6. The van der Waals surface area contributed by atoms with Crippen LogP contribution in [-0.2, 0) is 5.54 Å². The Labute approximate surface area is 90.1 Å². The summed E-state index contributed by atoms with van der Waals surface area (Å²) in [4.78, 5) is 4.72. The number of rotatable bonds is 1. The van der Waals surface area contributed by atoms with Crippen molar-refractivity contribution in [3.8, 4) is 0 Å². The molecule has 1 aliphatic carbocycles. The Hall–Kier alpha value is -1.09. The highest BCUT2D eigenvalue weighted by molar-refractivity contribution is 5.55. The lowest BCUT2D eigenvalue weighted by Crippen LogP contribution is -2.30. The summed E-state index contributed by atoms with van der Waals surface area (Å²) >= 11 is 0. The maximum Gasteiger partial charge on any atom is 0.0673 e. The largest absolute Gasteiger partial charge is 0.383 e. The summed E-state index contributed by atoms with van der Waals surface area (Å²) in [5, 5.41) is 3.43. The summed E-state index contributed by atoms with van der Waals surface area (Å²) in [5.41, 5.74) is 9.17. The van der Waals surface area contributed by atoms with Crippen molar-refractivity contribution >= 4 is 5.69 Å². The first-order valence-electron chi connectivity index (χ1n) is 5.60. The average molecular weight is 203 g/mol. The number of hydrogen-bond donors (Lipinski definition) is 2. The third kappa shape index (κ3) is 1.42. The summed E-state index contributed by atoms with van der Waals surface area (Å²) in [6.45, 7) is 5.12. The van der Waals surface area contributed by atoms with Gasteiger partial charge in [0.2, 0.25) is 0 Å². The second-order valence-electron chi connectivity index (χ2n) is 5.33. The van der Waals surface area contributed by atoms with Gasteiger partial charge in [-0.25, -0.2) is 0 Å².